The van der Waals surface area contributed by atoms with Crippen molar-refractivity contribution in [2.75, 3.05) is 0 Å². The maximum atomic E-state index is 2.48. The molecular weight excluding hydrogens is 216 g/mol. The minimum Gasteiger partial charge on any atom is -0.0654 e. The van der Waals surface area contributed by atoms with Gasteiger partial charge < -0.3 is 0 Å². The average molecular weight is 255 g/mol. The molecule has 0 radical (unpaired) electrons. The molecule has 0 heterocycles. The molecule has 0 N–H and O–H groups in total. The Morgan fingerprint density at radius 3 is 1.56 bits per heavy atom. The van der Waals surface area contributed by atoms with Crippen LogP contribution in [0, 0.1) is 35.5 Å². The molecule has 5 atom stereocenters. The summed E-state index contributed by atoms with van der Waals surface area (Å²) in [7, 11) is 0. The van der Waals surface area contributed by atoms with Gasteiger partial charge in [-0.05, 0) is 35.5 Å². The van der Waals surface area contributed by atoms with E-state index in [0.717, 1.165) is 35.5 Å². The summed E-state index contributed by atoms with van der Waals surface area (Å²) in [6.45, 7) is 19.3. The van der Waals surface area contributed by atoms with E-state index >= 15 is 0 Å². The van der Waals surface area contributed by atoms with E-state index in [1.54, 1.807) is 0 Å². The van der Waals surface area contributed by atoms with Crippen molar-refractivity contribution in [3.05, 3.63) is 0 Å². The van der Waals surface area contributed by atoms with E-state index in [2.05, 4.69) is 55.4 Å². The first-order valence-corrected chi connectivity index (χ1v) is 8.32. The second kappa shape index (κ2) is 8.99. The Labute approximate surface area is 117 Å². The van der Waals surface area contributed by atoms with Gasteiger partial charge in [0.1, 0.15) is 0 Å². The van der Waals surface area contributed by atoms with Crippen LogP contribution >= 0.6 is 0 Å². The second-order valence-corrected chi connectivity index (χ2v) is 7.15. The lowest BCUT2D eigenvalue weighted by Gasteiger charge is -2.35. The van der Waals surface area contributed by atoms with Crippen LogP contribution in [0.25, 0.3) is 0 Å². The first kappa shape index (κ1) is 18.0. The fourth-order valence-corrected chi connectivity index (χ4v) is 3.06. The lowest BCUT2D eigenvalue weighted by atomic mass is 9.70. The summed E-state index contributed by atoms with van der Waals surface area (Å²) in [5.74, 6) is 5.08. The quantitative estimate of drug-likeness (QED) is 0.417. The molecule has 0 aliphatic rings. The van der Waals surface area contributed by atoms with Crippen molar-refractivity contribution in [2.24, 2.45) is 35.5 Å². The van der Waals surface area contributed by atoms with Crippen LogP contribution in [-0.2, 0) is 0 Å². The van der Waals surface area contributed by atoms with E-state index in [9.17, 15) is 0 Å². The number of hydrogen-bond donors (Lipinski definition) is 0. The highest BCUT2D eigenvalue weighted by atomic mass is 14.3. The molecule has 0 aromatic rings. The Morgan fingerprint density at radius 2 is 1.11 bits per heavy atom. The Bertz CT molecular complexity index is 194. The number of hydrogen-bond acceptors (Lipinski definition) is 0. The molecule has 0 aliphatic heterocycles. The zero-order valence-corrected chi connectivity index (χ0v) is 14.3. The van der Waals surface area contributed by atoms with Gasteiger partial charge in [0, 0.05) is 0 Å². The van der Waals surface area contributed by atoms with Crippen molar-refractivity contribution in [2.45, 2.75) is 81.1 Å². The Hall–Kier alpha value is 0. The van der Waals surface area contributed by atoms with Crippen molar-refractivity contribution < 1.29 is 0 Å². The summed E-state index contributed by atoms with van der Waals surface area (Å²) < 4.78 is 0. The summed E-state index contributed by atoms with van der Waals surface area (Å²) in [6.07, 6.45) is 5.59. The monoisotopic (exact) mass is 254 g/mol. The van der Waals surface area contributed by atoms with Crippen molar-refractivity contribution in [1.29, 1.82) is 0 Å². The highest BCUT2D eigenvalue weighted by Gasteiger charge is 2.27. The van der Waals surface area contributed by atoms with E-state index in [1.807, 2.05) is 0 Å². The molecule has 0 aliphatic carbocycles. The topological polar surface area (TPSA) is 0 Å². The predicted octanol–water partition coefficient (Wildman–Crippen LogP) is 6.40. The standard InChI is InChI=1S/C18H38/c1-9-10-11-12-14(4)16(6)18(8)17(7)15(5)13(2)3/h13-18H,9-12H2,1-8H3. The maximum absolute atomic E-state index is 2.48. The van der Waals surface area contributed by atoms with E-state index in [4.69, 9.17) is 0 Å². The summed E-state index contributed by atoms with van der Waals surface area (Å²) in [5, 5.41) is 0. The Balaban J connectivity index is 4.26. The van der Waals surface area contributed by atoms with E-state index in [0.29, 0.717) is 0 Å². The van der Waals surface area contributed by atoms with E-state index in [1.165, 1.54) is 25.7 Å². The molecule has 110 valence electrons. The highest BCUT2D eigenvalue weighted by molar-refractivity contribution is 4.77. The van der Waals surface area contributed by atoms with Gasteiger partial charge in [-0.25, -0.2) is 0 Å². The molecule has 5 unspecified atom stereocenters. The SMILES string of the molecule is CCCCCC(C)C(C)C(C)C(C)C(C)C(C)C. The molecular formula is C18H38. The van der Waals surface area contributed by atoms with Gasteiger partial charge in [-0.3, -0.25) is 0 Å². The van der Waals surface area contributed by atoms with Gasteiger partial charge in [0.25, 0.3) is 0 Å². The van der Waals surface area contributed by atoms with Crippen LogP contribution in [0.15, 0.2) is 0 Å². The molecule has 0 aromatic heterocycles. The average Bonchev–Trinajstić information content (AvgIpc) is 2.35. The smallest absolute Gasteiger partial charge is 0.0386 e. The molecule has 18 heavy (non-hydrogen) atoms. The van der Waals surface area contributed by atoms with Crippen LogP contribution in [0.1, 0.15) is 81.1 Å². The Kier molecular flexibility index (Phi) is 8.99. The van der Waals surface area contributed by atoms with Gasteiger partial charge in [-0.15, -0.1) is 0 Å². The van der Waals surface area contributed by atoms with Crippen molar-refractivity contribution in [1.82, 2.24) is 0 Å². The van der Waals surface area contributed by atoms with Crippen LogP contribution < -0.4 is 0 Å². The molecule has 0 rings (SSSR count). The molecule has 0 saturated carbocycles. The van der Waals surface area contributed by atoms with Crippen LogP contribution in [0.5, 0.6) is 0 Å². The van der Waals surface area contributed by atoms with Crippen LogP contribution in [-0.4, -0.2) is 0 Å². The fourth-order valence-electron chi connectivity index (χ4n) is 3.06. The zero-order chi connectivity index (χ0) is 14.3. The third kappa shape index (κ3) is 5.76. The Morgan fingerprint density at radius 1 is 0.611 bits per heavy atom. The van der Waals surface area contributed by atoms with Crippen molar-refractivity contribution in [3.8, 4) is 0 Å². The summed E-state index contributed by atoms with van der Waals surface area (Å²) in [4.78, 5) is 0. The number of rotatable bonds is 9. The molecule has 0 amide bonds. The molecule has 0 fully saturated rings. The predicted molar refractivity (Wildman–Crippen MR) is 84.8 cm³/mol. The largest absolute Gasteiger partial charge is 0.0654 e. The molecule has 0 nitrogen and oxygen atoms in total. The van der Waals surface area contributed by atoms with Gasteiger partial charge in [-0.1, -0.05) is 81.1 Å². The van der Waals surface area contributed by atoms with Crippen LogP contribution in [0.2, 0.25) is 0 Å². The first-order chi connectivity index (χ1) is 8.32. The fraction of sp³-hybridized carbons (Fsp3) is 1.00. The molecule has 0 spiro atoms. The van der Waals surface area contributed by atoms with Gasteiger partial charge in [-0.2, -0.15) is 0 Å². The third-order valence-corrected chi connectivity index (χ3v) is 5.70. The van der Waals surface area contributed by atoms with Crippen LogP contribution in [0.3, 0.4) is 0 Å². The third-order valence-electron chi connectivity index (χ3n) is 5.70. The second-order valence-electron chi connectivity index (χ2n) is 7.15. The molecule has 0 saturated heterocycles. The zero-order valence-electron chi connectivity index (χ0n) is 14.3. The van der Waals surface area contributed by atoms with Crippen molar-refractivity contribution in [3.63, 3.8) is 0 Å². The van der Waals surface area contributed by atoms with E-state index in [-0.39, 0.29) is 0 Å². The highest BCUT2D eigenvalue weighted by Crippen LogP contribution is 2.35. The lowest BCUT2D eigenvalue weighted by molar-refractivity contribution is 0.140. The maximum Gasteiger partial charge on any atom is -0.0386 e. The minimum atomic E-state index is 0.810. The van der Waals surface area contributed by atoms with Gasteiger partial charge >= 0.3 is 0 Å². The van der Waals surface area contributed by atoms with Gasteiger partial charge in [0.15, 0.2) is 0 Å². The lowest BCUT2D eigenvalue weighted by Crippen LogP contribution is -2.28. The minimum absolute atomic E-state index is 0.810. The summed E-state index contributed by atoms with van der Waals surface area (Å²) >= 11 is 0. The van der Waals surface area contributed by atoms with Gasteiger partial charge in [0.05, 0.1) is 0 Å². The normalized spacial score (nSPS) is 20.5. The van der Waals surface area contributed by atoms with Gasteiger partial charge in [0.2, 0.25) is 0 Å². The first-order valence-electron chi connectivity index (χ1n) is 8.32. The summed E-state index contributed by atoms with van der Waals surface area (Å²) in [6, 6.07) is 0. The molecule has 0 aromatic carbocycles. The van der Waals surface area contributed by atoms with E-state index < -0.39 is 0 Å². The molecule has 0 heteroatoms. The van der Waals surface area contributed by atoms with Crippen LogP contribution in [0.4, 0.5) is 0 Å². The summed E-state index contributed by atoms with van der Waals surface area (Å²) in [5.41, 5.74) is 0. The molecule has 0 bridgehead atoms. The van der Waals surface area contributed by atoms with Crippen molar-refractivity contribution >= 4 is 0 Å². The number of unbranched alkanes of at least 4 members (excludes halogenated alkanes) is 2.